The molecule has 0 aliphatic carbocycles. The highest BCUT2D eigenvalue weighted by Gasteiger charge is 2.17. The number of carboxylic acid groups (broad SMARTS) is 3. The molecule has 162 valence electrons. The first-order valence-electron chi connectivity index (χ1n) is 9.85. The quantitative estimate of drug-likeness (QED) is 0.476. The Morgan fingerprint density at radius 1 is 0.889 bits per heavy atom. The molecule has 0 heterocycles. The van der Waals surface area contributed by atoms with Crippen LogP contribution in [0.5, 0.6) is 0 Å². The van der Waals surface area contributed by atoms with Gasteiger partial charge in [-0.15, -0.1) is 0 Å². The highest BCUT2D eigenvalue weighted by Crippen LogP contribution is 2.25. The van der Waals surface area contributed by atoms with Crippen molar-refractivity contribution in [1.29, 1.82) is 0 Å². The Labute approximate surface area is 165 Å². The van der Waals surface area contributed by atoms with Gasteiger partial charge >= 0.3 is 17.9 Å². The number of carbonyl (C=O) groups is 3. The third-order valence-electron chi connectivity index (χ3n) is 3.73. The van der Waals surface area contributed by atoms with E-state index in [4.69, 9.17) is 15.3 Å². The van der Waals surface area contributed by atoms with Gasteiger partial charge in [-0.2, -0.15) is 0 Å². The number of hydrogen-bond donors (Lipinski definition) is 3. The Bertz CT molecular complexity index is 409. The summed E-state index contributed by atoms with van der Waals surface area (Å²) in [5.41, 5.74) is 0.245. The highest BCUT2D eigenvalue weighted by atomic mass is 16.4. The van der Waals surface area contributed by atoms with Gasteiger partial charge in [-0.25, -0.2) is 0 Å². The zero-order valence-electron chi connectivity index (χ0n) is 18.5. The Balaban J connectivity index is -0.000000334. The van der Waals surface area contributed by atoms with Gasteiger partial charge in [0.2, 0.25) is 0 Å². The highest BCUT2D eigenvalue weighted by molar-refractivity contribution is 5.69. The minimum atomic E-state index is -0.741. The van der Waals surface area contributed by atoms with Gasteiger partial charge in [-0.05, 0) is 30.6 Å². The normalized spacial score (nSPS) is 12.8. The molecule has 0 fully saturated rings. The van der Waals surface area contributed by atoms with Crippen LogP contribution in [0.15, 0.2) is 0 Å². The van der Waals surface area contributed by atoms with Crippen molar-refractivity contribution in [3.8, 4) is 0 Å². The molecule has 27 heavy (non-hydrogen) atoms. The van der Waals surface area contributed by atoms with E-state index in [0.717, 1.165) is 32.1 Å². The second kappa shape index (κ2) is 16.6. The first-order valence-corrected chi connectivity index (χ1v) is 9.85. The second-order valence-corrected chi connectivity index (χ2v) is 8.55. The van der Waals surface area contributed by atoms with Crippen molar-refractivity contribution in [3.63, 3.8) is 0 Å². The number of rotatable bonds is 9. The Hall–Kier alpha value is -1.59. The minimum Gasteiger partial charge on any atom is -0.481 e. The standard InChI is InChI=1S/C9H18O2.C8H16O2.C4H8O2/c1-7(5-8(10)11)6-9(2,3)4;1-3-5-6-7(4-2)8(9)10;1-3(2)4(5)6/h7H,5-6H2,1-4H3,(H,10,11);7H,3-6H2,1-2H3,(H,9,10);3H,1-2H3,(H,5,6). The molecule has 0 bridgehead atoms. The molecule has 0 aliphatic rings. The molecule has 0 aromatic rings. The molecule has 0 aromatic heterocycles. The van der Waals surface area contributed by atoms with Crippen LogP contribution in [0.25, 0.3) is 0 Å². The summed E-state index contributed by atoms with van der Waals surface area (Å²) in [5.74, 6) is -2.13. The average Bonchev–Trinajstić information content (AvgIpc) is 2.46. The summed E-state index contributed by atoms with van der Waals surface area (Å²) in [6.45, 7) is 15.7. The van der Waals surface area contributed by atoms with Crippen LogP contribution in [-0.4, -0.2) is 33.2 Å². The van der Waals surface area contributed by atoms with Gasteiger partial charge in [-0.1, -0.05) is 68.2 Å². The molecule has 0 saturated carbocycles. The summed E-state index contributed by atoms with van der Waals surface area (Å²) in [6.07, 6.45) is 4.98. The predicted molar refractivity (Wildman–Crippen MR) is 109 cm³/mol. The summed E-state index contributed by atoms with van der Waals surface area (Å²) in [4.78, 5) is 30.4. The summed E-state index contributed by atoms with van der Waals surface area (Å²) in [5, 5.41) is 25.1. The predicted octanol–water partition coefficient (Wildman–Crippen LogP) is 5.55. The molecule has 0 aromatic carbocycles. The molecule has 0 radical (unpaired) electrons. The van der Waals surface area contributed by atoms with Crippen molar-refractivity contribution in [2.75, 3.05) is 0 Å². The molecule has 2 atom stereocenters. The SMILES string of the molecule is CC(C)C(=O)O.CC(CC(=O)O)CC(C)(C)C.CCCCC(CC)C(=O)O. The van der Waals surface area contributed by atoms with Crippen LogP contribution in [0.3, 0.4) is 0 Å². The molecular formula is C21H42O6. The third kappa shape index (κ3) is 26.7. The van der Waals surface area contributed by atoms with E-state index in [1.54, 1.807) is 13.8 Å². The van der Waals surface area contributed by atoms with E-state index >= 15 is 0 Å². The van der Waals surface area contributed by atoms with Crippen LogP contribution in [0.2, 0.25) is 0 Å². The van der Waals surface area contributed by atoms with Crippen molar-refractivity contribution >= 4 is 17.9 Å². The molecule has 6 nitrogen and oxygen atoms in total. The van der Waals surface area contributed by atoms with Crippen molar-refractivity contribution in [2.24, 2.45) is 23.2 Å². The number of aliphatic carboxylic acids is 3. The lowest BCUT2D eigenvalue weighted by Crippen LogP contribution is -2.13. The fourth-order valence-corrected chi connectivity index (χ4v) is 2.37. The fourth-order valence-electron chi connectivity index (χ4n) is 2.37. The summed E-state index contributed by atoms with van der Waals surface area (Å²) in [7, 11) is 0. The molecule has 0 spiro atoms. The maximum Gasteiger partial charge on any atom is 0.306 e. The van der Waals surface area contributed by atoms with Gasteiger partial charge in [0.25, 0.3) is 0 Å². The molecule has 0 saturated heterocycles. The number of unbranched alkanes of at least 4 members (excludes halogenated alkanes) is 1. The van der Waals surface area contributed by atoms with Gasteiger partial charge in [0.05, 0.1) is 11.8 Å². The molecule has 0 rings (SSSR count). The maximum atomic E-state index is 10.4. The molecule has 3 N–H and O–H groups in total. The zero-order chi connectivity index (χ0) is 22.2. The lowest BCUT2D eigenvalue weighted by atomic mass is 9.84. The van der Waals surface area contributed by atoms with Gasteiger partial charge in [0.15, 0.2) is 0 Å². The Morgan fingerprint density at radius 3 is 1.56 bits per heavy atom. The zero-order valence-corrected chi connectivity index (χ0v) is 18.5. The summed E-state index contributed by atoms with van der Waals surface area (Å²) < 4.78 is 0. The smallest absolute Gasteiger partial charge is 0.306 e. The van der Waals surface area contributed by atoms with E-state index in [2.05, 4.69) is 27.7 Å². The minimum absolute atomic E-state index is 0.111. The van der Waals surface area contributed by atoms with E-state index < -0.39 is 17.9 Å². The Morgan fingerprint density at radius 2 is 1.33 bits per heavy atom. The first kappa shape index (κ1) is 30.1. The third-order valence-corrected chi connectivity index (χ3v) is 3.73. The molecule has 2 unspecified atom stereocenters. The van der Waals surface area contributed by atoms with E-state index in [-0.39, 0.29) is 29.6 Å². The number of carboxylic acids is 3. The molecule has 0 amide bonds. The topological polar surface area (TPSA) is 112 Å². The van der Waals surface area contributed by atoms with E-state index in [9.17, 15) is 14.4 Å². The van der Waals surface area contributed by atoms with Crippen molar-refractivity contribution in [1.82, 2.24) is 0 Å². The van der Waals surface area contributed by atoms with Gasteiger partial charge in [-0.3, -0.25) is 14.4 Å². The number of hydrogen-bond acceptors (Lipinski definition) is 3. The van der Waals surface area contributed by atoms with Crippen LogP contribution >= 0.6 is 0 Å². The fraction of sp³-hybridized carbons (Fsp3) is 0.857. The second-order valence-electron chi connectivity index (χ2n) is 8.55. The molecule has 0 aliphatic heterocycles. The molecule has 6 heteroatoms. The Kier molecular flexibility index (Phi) is 18.5. The van der Waals surface area contributed by atoms with Crippen LogP contribution in [0.4, 0.5) is 0 Å². The lowest BCUT2D eigenvalue weighted by molar-refractivity contribution is -0.142. The van der Waals surface area contributed by atoms with E-state index in [1.807, 2.05) is 13.8 Å². The van der Waals surface area contributed by atoms with Gasteiger partial charge in [0, 0.05) is 6.42 Å². The van der Waals surface area contributed by atoms with Gasteiger partial charge < -0.3 is 15.3 Å². The largest absolute Gasteiger partial charge is 0.481 e. The summed E-state index contributed by atoms with van der Waals surface area (Å²) >= 11 is 0. The van der Waals surface area contributed by atoms with Crippen LogP contribution in [0, 0.1) is 23.2 Å². The maximum absolute atomic E-state index is 10.4. The van der Waals surface area contributed by atoms with Crippen LogP contribution < -0.4 is 0 Å². The lowest BCUT2D eigenvalue weighted by Gasteiger charge is -2.21. The average molecular weight is 391 g/mol. The summed E-state index contributed by atoms with van der Waals surface area (Å²) in [6, 6.07) is 0. The van der Waals surface area contributed by atoms with E-state index in [1.165, 1.54) is 0 Å². The van der Waals surface area contributed by atoms with Crippen LogP contribution in [0.1, 0.15) is 93.9 Å². The van der Waals surface area contributed by atoms with Crippen molar-refractivity contribution in [2.45, 2.75) is 93.9 Å². The first-order chi connectivity index (χ1) is 12.2. The monoisotopic (exact) mass is 390 g/mol. The van der Waals surface area contributed by atoms with Crippen molar-refractivity contribution in [3.05, 3.63) is 0 Å². The van der Waals surface area contributed by atoms with E-state index in [0.29, 0.717) is 0 Å². The van der Waals surface area contributed by atoms with Crippen LogP contribution in [-0.2, 0) is 14.4 Å². The van der Waals surface area contributed by atoms with Crippen molar-refractivity contribution < 1.29 is 29.7 Å². The molecular weight excluding hydrogens is 348 g/mol. The van der Waals surface area contributed by atoms with Gasteiger partial charge in [0.1, 0.15) is 0 Å².